The highest BCUT2D eigenvalue weighted by Gasteiger charge is 2.39. The van der Waals surface area contributed by atoms with Gasteiger partial charge in [0.15, 0.2) is 17.3 Å². The minimum absolute atomic E-state index is 0.115. The predicted molar refractivity (Wildman–Crippen MR) is 147 cm³/mol. The van der Waals surface area contributed by atoms with Crippen molar-refractivity contribution in [3.63, 3.8) is 0 Å². The van der Waals surface area contributed by atoms with E-state index < -0.39 is 0 Å². The maximum Gasteiger partial charge on any atom is 0.161 e. The molecule has 1 unspecified atom stereocenters. The monoisotopic (exact) mass is 516 g/mol. The fourth-order valence-electron chi connectivity index (χ4n) is 5.49. The second-order valence-corrected chi connectivity index (χ2v) is 10.2. The largest absolute Gasteiger partial charge is 0.507 e. The Kier molecular flexibility index (Phi) is 7.69. The second-order valence-electron chi connectivity index (χ2n) is 10.2. The molecule has 3 aromatic rings. The number of nitrogens with zero attached hydrogens (tertiary/aromatic N) is 3. The van der Waals surface area contributed by atoms with Gasteiger partial charge >= 0.3 is 0 Å². The quantitative estimate of drug-likeness (QED) is 0.356. The number of benzene rings is 2. The van der Waals surface area contributed by atoms with Gasteiger partial charge < -0.3 is 24.2 Å². The molecule has 8 nitrogen and oxygen atoms in total. The molecular weight excluding hydrogens is 480 g/mol. The summed E-state index contributed by atoms with van der Waals surface area (Å²) in [5, 5.41) is 18.8. The summed E-state index contributed by atoms with van der Waals surface area (Å²) in [5.41, 5.74) is 6.21. The number of hydrogen-bond donors (Lipinski definition) is 2. The van der Waals surface area contributed by atoms with Crippen LogP contribution in [0.3, 0.4) is 0 Å². The lowest BCUT2D eigenvalue weighted by Gasteiger charge is -2.42. The zero-order chi connectivity index (χ0) is 26.6. The van der Waals surface area contributed by atoms with Crippen molar-refractivity contribution < 1.29 is 19.3 Å². The van der Waals surface area contributed by atoms with Crippen LogP contribution in [0.4, 0.5) is 0 Å². The van der Waals surface area contributed by atoms with Crippen molar-refractivity contribution in [2.75, 3.05) is 34.0 Å². The molecule has 1 aliphatic carbocycles. The Morgan fingerprint density at radius 1 is 1.11 bits per heavy atom. The standard InChI is InChI=1S/C30H36N4O4/c1-19(2)22-13-21-14-26(38-12-8-11-36-3)25(37-4)15-23(21)28-27(22)29(35)24(30-31-18-32-33-30)17-34(28)16-20-9-6-5-7-10-20/h5-7,9-10,14-15,18-19,22,35H,8,11-13,16-17H2,1-4H3,(H,31,32,33). The Balaban J connectivity index is 1.66. The summed E-state index contributed by atoms with van der Waals surface area (Å²) in [7, 11) is 3.36. The molecule has 2 heterocycles. The molecule has 200 valence electrons. The van der Waals surface area contributed by atoms with Gasteiger partial charge in [0.2, 0.25) is 0 Å². The topological polar surface area (TPSA) is 92.7 Å². The van der Waals surface area contributed by atoms with Crippen molar-refractivity contribution in [2.24, 2.45) is 11.8 Å². The van der Waals surface area contributed by atoms with Crippen LogP contribution in [0.5, 0.6) is 11.5 Å². The van der Waals surface area contributed by atoms with Gasteiger partial charge in [-0.15, -0.1) is 0 Å². The molecule has 2 N–H and O–H groups in total. The van der Waals surface area contributed by atoms with E-state index in [1.54, 1.807) is 14.2 Å². The van der Waals surface area contributed by atoms with E-state index in [4.69, 9.17) is 14.2 Å². The number of fused-ring (bicyclic) bond motifs is 2. The SMILES string of the molecule is COCCCOc1cc2c(cc1OC)C1=C(C(O)=C(c3ncn[nH]3)CN1Cc1ccccc1)C(C(C)C)C2. The number of aromatic nitrogens is 3. The van der Waals surface area contributed by atoms with E-state index in [0.717, 1.165) is 41.0 Å². The van der Waals surface area contributed by atoms with Crippen molar-refractivity contribution >= 4 is 11.3 Å². The molecule has 0 saturated carbocycles. The van der Waals surface area contributed by atoms with Crippen LogP contribution in [-0.4, -0.2) is 59.2 Å². The Morgan fingerprint density at radius 3 is 2.61 bits per heavy atom. The first-order chi connectivity index (χ1) is 18.5. The minimum Gasteiger partial charge on any atom is -0.507 e. The fourth-order valence-corrected chi connectivity index (χ4v) is 5.49. The number of rotatable bonds is 10. The molecule has 38 heavy (non-hydrogen) atoms. The maximum atomic E-state index is 11.8. The fraction of sp³-hybridized carbons (Fsp3) is 0.400. The molecule has 1 aromatic heterocycles. The zero-order valence-corrected chi connectivity index (χ0v) is 22.5. The first kappa shape index (κ1) is 25.9. The van der Waals surface area contributed by atoms with E-state index in [9.17, 15) is 5.11 Å². The molecule has 8 heteroatoms. The summed E-state index contributed by atoms with van der Waals surface area (Å²) in [5.74, 6) is 2.73. The average molecular weight is 517 g/mol. The Hall–Kier alpha value is -3.78. The molecule has 0 saturated heterocycles. The van der Waals surface area contributed by atoms with Gasteiger partial charge in [0.05, 0.1) is 31.5 Å². The number of ether oxygens (including phenoxy) is 3. The number of aromatic amines is 1. The van der Waals surface area contributed by atoms with Gasteiger partial charge in [0.1, 0.15) is 12.1 Å². The van der Waals surface area contributed by atoms with Gasteiger partial charge in [0.25, 0.3) is 0 Å². The Labute approximate surface area is 224 Å². The Morgan fingerprint density at radius 2 is 1.92 bits per heavy atom. The predicted octanol–water partition coefficient (Wildman–Crippen LogP) is 5.25. The van der Waals surface area contributed by atoms with E-state index in [2.05, 4.69) is 70.3 Å². The van der Waals surface area contributed by atoms with E-state index in [0.29, 0.717) is 49.6 Å². The van der Waals surface area contributed by atoms with Crippen molar-refractivity contribution in [3.05, 3.63) is 82.6 Å². The number of nitrogens with one attached hydrogen (secondary N) is 1. The van der Waals surface area contributed by atoms with Crippen LogP contribution in [0.15, 0.2) is 60.1 Å². The summed E-state index contributed by atoms with van der Waals surface area (Å²) in [4.78, 5) is 6.73. The van der Waals surface area contributed by atoms with Crippen LogP contribution in [-0.2, 0) is 17.7 Å². The number of aliphatic hydroxyl groups is 1. The third-order valence-electron chi connectivity index (χ3n) is 7.39. The van der Waals surface area contributed by atoms with Crippen LogP contribution < -0.4 is 9.47 Å². The molecule has 2 aliphatic rings. The summed E-state index contributed by atoms with van der Waals surface area (Å²) >= 11 is 0. The number of aliphatic hydroxyl groups excluding tert-OH is 1. The zero-order valence-electron chi connectivity index (χ0n) is 22.5. The van der Waals surface area contributed by atoms with Crippen LogP contribution >= 0.6 is 0 Å². The summed E-state index contributed by atoms with van der Waals surface area (Å²) in [6.45, 7) is 6.80. The number of allylic oxidation sites excluding steroid dienone is 1. The van der Waals surface area contributed by atoms with Gasteiger partial charge in [-0.25, -0.2) is 4.98 Å². The molecule has 0 bridgehead atoms. The maximum absolute atomic E-state index is 11.8. The molecule has 2 aromatic carbocycles. The van der Waals surface area contributed by atoms with Crippen molar-refractivity contribution in [1.29, 1.82) is 0 Å². The van der Waals surface area contributed by atoms with E-state index >= 15 is 0 Å². The number of H-pyrrole nitrogens is 1. The molecule has 1 aliphatic heterocycles. The summed E-state index contributed by atoms with van der Waals surface area (Å²) < 4.78 is 17.1. The highest BCUT2D eigenvalue weighted by Crippen LogP contribution is 2.49. The van der Waals surface area contributed by atoms with Crippen LogP contribution in [0.25, 0.3) is 11.3 Å². The third-order valence-corrected chi connectivity index (χ3v) is 7.39. The third kappa shape index (κ3) is 5.00. The minimum atomic E-state index is 0.115. The highest BCUT2D eigenvalue weighted by atomic mass is 16.5. The molecule has 0 spiro atoms. The lowest BCUT2D eigenvalue weighted by molar-refractivity contribution is 0.170. The lowest BCUT2D eigenvalue weighted by atomic mass is 9.73. The van der Waals surface area contributed by atoms with Crippen molar-refractivity contribution in [3.8, 4) is 11.5 Å². The molecule has 0 radical (unpaired) electrons. The normalized spacial score (nSPS) is 17.1. The molecule has 0 amide bonds. The highest BCUT2D eigenvalue weighted by molar-refractivity contribution is 5.85. The van der Waals surface area contributed by atoms with E-state index in [1.807, 2.05) is 6.07 Å². The van der Waals surface area contributed by atoms with Crippen LogP contribution in [0.1, 0.15) is 42.8 Å². The first-order valence-electron chi connectivity index (χ1n) is 13.2. The molecule has 0 fully saturated rings. The Bertz CT molecular complexity index is 1320. The van der Waals surface area contributed by atoms with Crippen molar-refractivity contribution in [2.45, 2.75) is 33.2 Å². The first-order valence-corrected chi connectivity index (χ1v) is 13.2. The smallest absolute Gasteiger partial charge is 0.161 e. The number of methoxy groups -OCH3 is 2. The molecule has 5 rings (SSSR count). The summed E-state index contributed by atoms with van der Waals surface area (Å²) in [6.07, 6.45) is 3.07. The lowest BCUT2D eigenvalue weighted by Crippen LogP contribution is -2.35. The van der Waals surface area contributed by atoms with Gasteiger partial charge in [-0.1, -0.05) is 44.2 Å². The van der Waals surface area contributed by atoms with E-state index in [-0.39, 0.29) is 5.92 Å². The average Bonchev–Trinajstić information content (AvgIpc) is 3.46. The van der Waals surface area contributed by atoms with Gasteiger partial charge in [-0.2, -0.15) is 5.10 Å². The van der Waals surface area contributed by atoms with Gasteiger partial charge in [-0.3, -0.25) is 5.10 Å². The van der Waals surface area contributed by atoms with Crippen LogP contribution in [0, 0.1) is 11.8 Å². The van der Waals surface area contributed by atoms with Crippen molar-refractivity contribution in [1.82, 2.24) is 20.1 Å². The molecular formula is C30H36N4O4. The van der Waals surface area contributed by atoms with Crippen LogP contribution in [0.2, 0.25) is 0 Å². The number of hydrogen-bond acceptors (Lipinski definition) is 7. The van der Waals surface area contributed by atoms with Gasteiger partial charge in [-0.05, 0) is 41.5 Å². The van der Waals surface area contributed by atoms with Gasteiger partial charge in [0, 0.05) is 37.8 Å². The van der Waals surface area contributed by atoms with E-state index in [1.165, 1.54) is 17.5 Å². The summed E-state index contributed by atoms with van der Waals surface area (Å²) in [6, 6.07) is 14.6. The second kappa shape index (κ2) is 11.3. The molecule has 1 atom stereocenters.